The fourth-order valence-electron chi connectivity index (χ4n) is 2.27. The second kappa shape index (κ2) is 8.84. The van der Waals surface area contributed by atoms with E-state index in [2.05, 4.69) is 10.3 Å². The van der Waals surface area contributed by atoms with Gasteiger partial charge in [0.15, 0.2) is 0 Å². The van der Waals surface area contributed by atoms with Gasteiger partial charge in [0, 0.05) is 24.2 Å². The van der Waals surface area contributed by atoms with Gasteiger partial charge in [-0.25, -0.2) is 4.98 Å². The van der Waals surface area contributed by atoms with Crippen molar-refractivity contribution >= 4 is 75.2 Å². The van der Waals surface area contributed by atoms with Crippen LogP contribution < -0.4 is 5.32 Å². The quantitative estimate of drug-likeness (QED) is 0.546. The van der Waals surface area contributed by atoms with Crippen LogP contribution >= 0.6 is 47.2 Å². The molecule has 0 saturated carbocycles. The molecule has 1 N–H and O–H groups in total. The van der Waals surface area contributed by atoms with Crippen molar-refractivity contribution in [2.24, 2.45) is 0 Å². The van der Waals surface area contributed by atoms with Crippen molar-refractivity contribution in [2.45, 2.75) is 6.42 Å². The Morgan fingerprint density at radius 2 is 1.89 bits per heavy atom. The number of thioether (sulfide) groups is 1. The minimum atomic E-state index is -0.263. The number of nitrogens with one attached hydrogen (secondary N) is 1. The van der Waals surface area contributed by atoms with Crippen LogP contribution in [0.2, 0.25) is 10.0 Å². The molecule has 138 valence electrons. The van der Waals surface area contributed by atoms with Gasteiger partial charge < -0.3 is 5.32 Å². The third kappa shape index (κ3) is 5.29. The molecule has 1 fully saturated rings. The summed E-state index contributed by atoms with van der Waals surface area (Å²) in [6.07, 6.45) is 3.30. The molecule has 1 aromatic carbocycles. The first kappa shape index (κ1) is 19.8. The zero-order valence-corrected chi connectivity index (χ0v) is 17.0. The molecule has 9 heteroatoms. The number of aromatic nitrogens is 1. The van der Waals surface area contributed by atoms with Crippen molar-refractivity contribution in [1.29, 1.82) is 0 Å². The lowest BCUT2D eigenvalue weighted by atomic mass is 10.2. The maximum absolute atomic E-state index is 12.6. The van der Waals surface area contributed by atoms with Gasteiger partial charge in [-0.1, -0.05) is 59.3 Å². The molecule has 27 heavy (non-hydrogen) atoms. The second-order valence-electron chi connectivity index (χ2n) is 5.54. The number of carbonyl (C=O) groups is 2. The first-order valence-electron chi connectivity index (χ1n) is 7.85. The molecule has 3 rings (SSSR count). The number of hydrogen-bond donors (Lipinski definition) is 1. The highest BCUT2D eigenvalue weighted by Crippen LogP contribution is 2.32. The van der Waals surface area contributed by atoms with Gasteiger partial charge >= 0.3 is 0 Å². The number of nitrogens with zero attached hydrogens (tertiary/aromatic N) is 2. The summed E-state index contributed by atoms with van der Waals surface area (Å²) in [5.74, 6) is -0.0738. The summed E-state index contributed by atoms with van der Waals surface area (Å²) >= 11 is 18.1. The third-order valence-electron chi connectivity index (χ3n) is 3.60. The summed E-state index contributed by atoms with van der Waals surface area (Å²) in [5.41, 5.74) is 0.853. The number of benzene rings is 1. The van der Waals surface area contributed by atoms with Crippen molar-refractivity contribution in [3.63, 3.8) is 0 Å². The van der Waals surface area contributed by atoms with Gasteiger partial charge in [0.25, 0.3) is 5.91 Å². The Balaban J connectivity index is 1.59. The molecule has 1 aromatic heterocycles. The molecule has 1 saturated heterocycles. The average Bonchev–Trinajstić information content (AvgIpc) is 2.90. The highest BCUT2D eigenvalue weighted by atomic mass is 35.5. The lowest BCUT2D eigenvalue weighted by Gasteiger charge is -2.14. The van der Waals surface area contributed by atoms with Crippen LogP contribution in [0.5, 0.6) is 0 Å². The van der Waals surface area contributed by atoms with Gasteiger partial charge in [-0.2, -0.15) is 0 Å². The number of hydrogen-bond acceptors (Lipinski definition) is 5. The highest BCUT2D eigenvalue weighted by molar-refractivity contribution is 8.26. The summed E-state index contributed by atoms with van der Waals surface area (Å²) in [5, 5.41) is 3.77. The second-order valence-corrected chi connectivity index (χ2v) is 8.09. The fourth-order valence-corrected chi connectivity index (χ4v) is 3.82. The maximum atomic E-state index is 12.6. The van der Waals surface area contributed by atoms with E-state index in [0.29, 0.717) is 25.1 Å². The molecule has 5 nitrogen and oxygen atoms in total. The molecule has 0 unspecified atom stereocenters. The minimum Gasteiger partial charge on any atom is -0.311 e. The van der Waals surface area contributed by atoms with Gasteiger partial charge in [-0.15, -0.1) is 0 Å². The van der Waals surface area contributed by atoms with Crippen LogP contribution in [0.3, 0.4) is 0 Å². The molecule has 1 aliphatic heterocycles. The standard InChI is InChI=1S/C18H13Cl2N3O2S2/c19-12-3-1-11(2-4-12)9-14-17(25)23(18(26)27-14)8-7-16(24)22-15-6-5-13(20)10-21-15/h1-6,9-10H,7-8H2,(H,21,22,24). The summed E-state index contributed by atoms with van der Waals surface area (Å²) in [7, 11) is 0. The zero-order valence-electron chi connectivity index (χ0n) is 13.8. The third-order valence-corrected chi connectivity index (χ3v) is 5.45. The van der Waals surface area contributed by atoms with Gasteiger partial charge in [0.1, 0.15) is 10.1 Å². The fraction of sp³-hybridized carbons (Fsp3) is 0.111. The van der Waals surface area contributed by atoms with Gasteiger partial charge in [0.2, 0.25) is 5.91 Å². The Hall–Kier alpha value is -1.93. The van der Waals surface area contributed by atoms with Crippen molar-refractivity contribution in [3.05, 3.63) is 63.1 Å². The predicted octanol–water partition coefficient (Wildman–Crippen LogP) is 4.62. The van der Waals surface area contributed by atoms with Gasteiger partial charge in [-0.05, 0) is 35.9 Å². The molecule has 0 aliphatic carbocycles. The average molecular weight is 438 g/mol. The lowest BCUT2D eigenvalue weighted by molar-refractivity contribution is -0.122. The first-order chi connectivity index (χ1) is 12.9. The van der Waals surface area contributed by atoms with E-state index >= 15 is 0 Å². The monoisotopic (exact) mass is 437 g/mol. The van der Waals surface area contributed by atoms with E-state index in [1.54, 1.807) is 30.3 Å². The zero-order chi connectivity index (χ0) is 19.4. The number of pyridine rings is 1. The van der Waals surface area contributed by atoms with E-state index < -0.39 is 0 Å². The van der Waals surface area contributed by atoms with Crippen LogP contribution in [0.4, 0.5) is 5.82 Å². The van der Waals surface area contributed by atoms with E-state index in [9.17, 15) is 9.59 Å². The molecule has 1 aliphatic rings. The molecular weight excluding hydrogens is 425 g/mol. The largest absolute Gasteiger partial charge is 0.311 e. The summed E-state index contributed by atoms with van der Waals surface area (Å²) < 4.78 is 0.428. The van der Waals surface area contributed by atoms with Crippen molar-refractivity contribution < 1.29 is 9.59 Å². The minimum absolute atomic E-state index is 0.102. The van der Waals surface area contributed by atoms with Crippen LogP contribution in [0.1, 0.15) is 12.0 Å². The summed E-state index contributed by atoms with van der Waals surface area (Å²) in [6.45, 7) is 0.196. The van der Waals surface area contributed by atoms with Crippen LogP contribution in [0.15, 0.2) is 47.5 Å². The van der Waals surface area contributed by atoms with Crippen LogP contribution in [-0.4, -0.2) is 32.6 Å². The van der Waals surface area contributed by atoms with E-state index in [-0.39, 0.29) is 24.8 Å². The molecule has 2 aromatic rings. The molecule has 0 atom stereocenters. The molecule has 0 radical (unpaired) electrons. The Labute approximate surface area is 175 Å². The number of rotatable bonds is 5. The Kier molecular flexibility index (Phi) is 6.49. The number of amides is 2. The predicted molar refractivity (Wildman–Crippen MR) is 114 cm³/mol. The number of carbonyl (C=O) groups excluding carboxylic acids is 2. The van der Waals surface area contributed by atoms with Crippen molar-refractivity contribution in [1.82, 2.24) is 9.88 Å². The Morgan fingerprint density at radius 1 is 1.19 bits per heavy atom. The highest BCUT2D eigenvalue weighted by Gasteiger charge is 2.32. The van der Waals surface area contributed by atoms with Crippen LogP contribution in [0, 0.1) is 0 Å². The van der Waals surface area contributed by atoms with Crippen LogP contribution in [-0.2, 0) is 9.59 Å². The van der Waals surface area contributed by atoms with E-state index in [4.69, 9.17) is 35.4 Å². The van der Waals surface area contributed by atoms with Gasteiger partial charge in [0.05, 0.1) is 9.93 Å². The molecule has 2 heterocycles. The van der Waals surface area contributed by atoms with E-state index in [0.717, 1.165) is 5.56 Å². The van der Waals surface area contributed by atoms with Crippen LogP contribution in [0.25, 0.3) is 6.08 Å². The SMILES string of the molecule is O=C(CCN1C(=O)C(=Cc2ccc(Cl)cc2)SC1=S)Nc1ccc(Cl)cn1. The molecule has 0 spiro atoms. The van der Waals surface area contributed by atoms with Crippen molar-refractivity contribution in [2.75, 3.05) is 11.9 Å². The molecular formula is C18H13Cl2N3O2S2. The smallest absolute Gasteiger partial charge is 0.266 e. The number of anilines is 1. The Bertz CT molecular complexity index is 915. The normalized spacial score (nSPS) is 15.5. The molecule has 0 bridgehead atoms. The van der Waals surface area contributed by atoms with E-state index in [1.165, 1.54) is 22.9 Å². The lowest BCUT2D eigenvalue weighted by Crippen LogP contribution is -2.31. The van der Waals surface area contributed by atoms with E-state index in [1.807, 2.05) is 12.1 Å². The first-order valence-corrected chi connectivity index (χ1v) is 9.83. The summed E-state index contributed by atoms with van der Waals surface area (Å²) in [6, 6.07) is 10.4. The maximum Gasteiger partial charge on any atom is 0.266 e. The number of halogens is 2. The topological polar surface area (TPSA) is 62.3 Å². The molecule has 2 amide bonds. The van der Waals surface area contributed by atoms with Crippen molar-refractivity contribution in [3.8, 4) is 0 Å². The Morgan fingerprint density at radius 3 is 2.56 bits per heavy atom. The number of thiocarbonyl (C=S) groups is 1. The van der Waals surface area contributed by atoms with Gasteiger partial charge in [-0.3, -0.25) is 14.5 Å². The summed E-state index contributed by atoms with van der Waals surface area (Å²) in [4.78, 5) is 30.6.